The Balaban J connectivity index is 2.31. The van der Waals surface area contributed by atoms with Crippen molar-refractivity contribution in [3.05, 3.63) is 29.3 Å². The summed E-state index contributed by atoms with van der Waals surface area (Å²) in [5, 5.41) is 0. The first-order valence-corrected chi connectivity index (χ1v) is 6.19. The van der Waals surface area contributed by atoms with Crippen LogP contribution in [0, 0.1) is 5.41 Å². The maximum Gasteiger partial charge on any atom is 0.119 e. The fraction of sp³-hybridized carbons (Fsp3) is 0.600. The van der Waals surface area contributed by atoms with E-state index in [4.69, 9.17) is 4.74 Å². The molecule has 0 fully saturated rings. The van der Waals surface area contributed by atoms with E-state index in [1.807, 2.05) is 0 Å². The van der Waals surface area contributed by atoms with Crippen LogP contribution in [-0.2, 0) is 6.42 Å². The van der Waals surface area contributed by atoms with Crippen molar-refractivity contribution < 1.29 is 4.74 Å². The van der Waals surface area contributed by atoms with Gasteiger partial charge in [0.05, 0.1) is 6.10 Å². The monoisotopic (exact) mass is 218 g/mol. The molecule has 88 valence electrons. The Morgan fingerprint density at radius 1 is 1.31 bits per heavy atom. The summed E-state index contributed by atoms with van der Waals surface area (Å²) in [5.41, 5.74) is 3.36. The highest BCUT2D eigenvalue weighted by molar-refractivity contribution is 5.43. The number of fused-ring (bicyclic) bond motifs is 1. The minimum absolute atomic E-state index is 0.253. The summed E-state index contributed by atoms with van der Waals surface area (Å²) in [5.74, 6) is 1.64. The second-order valence-electron chi connectivity index (χ2n) is 5.91. The van der Waals surface area contributed by atoms with Crippen molar-refractivity contribution in [2.24, 2.45) is 5.41 Å². The van der Waals surface area contributed by atoms with Crippen LogP contribution in [0.15, 0.2) is 18.2 Å². The molecule has 0 amide bonds. The van der Waals surface area contributed by atoms with E-state index in [0.29, 0.717) is 11.3 Å². The Labute approximate surface area is 98.8 Å². The predicted molar refractivity (Wildman–Crippen MR) is 68.1 cm³/mol. The minimum Gasteiger partial charge on any atom is -0.491 e. The predicted octanol–water partition coefficient (Wildman–Crippen LogP) is 4.16. The number of rotatable bonds is 2. The van der Waals surface area contributed by atoms with Crippen molar-refractivity contribution in [3.8, 4) is 5.75 Å². The van der Waals surface area contributed by atoms with E-state index >= 15 is 0 Å². The Hall–Kier alpha value is -0.980. The Morgan fingerprint density at radius 3 is 2.62 bits per heavy atom. The van der Waals surface area contributed by atoms with Gasteiger partial charge in [-0.2, -0.15) is 0 Å². The largest absolute Gasteiger partial charge is 0.491 e. The first kappa shape index (κ1) is 11.5. The molecule has 1 nitrogen and oxygen atoms in total. The maximum absolute atomic E-state index is 5.76. The van der Waals surface area contributed by atoms with Crippen LogP contribution >= 0.6 is 0 Å². The first-order chi connectivity index (χ1) is 7.40. The lowest BCUT2D eigenvalue weighted by Crippen LogP contribution is -2.14. The maximum atomic E-state index is 5.76. The molecule has 0 N–H and O–H groups in total. The average Bonchev–Trinajstić information content (AvgIpc) is 2.38. The van der Waals surface area contributed by atoms with Crippen LogP contribution < -0.4 is 4.74 Å². The summed E-state index contributed by atoms with van der Waals surface area (Å²) in [6.07, 6.45) is 1.44. The third-order valence-corrected chi connectivity index (χ3v) is 3.77. The van der Waals surface area contributed by atoms with E-state index in [0.717, 1.165) is 5.75 Å². The SMILES string of the molecule is CC(C)Oc1ccc2c(c1)C(C)C(C)(C)C2. The van der Waals surface area contributed by atoms with E-state index in [-0.39, 0.29) is 6.10 Å². The molecule has 16 heavy (non-hydrogen) atoms. The third-order valence-electron chi connectivity index (χ3n) is 3.77. The topological polar surface area (TPSA) is 9.23 Å². The highest BCUT2D eigenvalue weighted by Crippen LogP contribution is 2.47. The van der Waals surface area contributed by atoms with Crippen molar-refractivity contribution in [2.45, 2.75) is 53.1 Å². The Kier molecular flexibility index (Phi) is 2.73. The molecule has 0 radical (unpaired) electrons. The molecule has 0 aliphatic heterocycles. The van der Waals surface area contributed by atoms with Gasteiger partial charge in [-0.3, -0.25) is 0 Å². The molecule has 1 atom stereocenters. The lowest BCUT2D eigenvalue weighted by molar-refractivity contribution is 0.242. The van der Waals surface area contributed by atoms with Gasteiger partial charge in [-0.1, -0.05) is 26.8 Å². The average molecular weight is 218 g/mol. The quantitative estimate of drug-likeness (QED) is 0.724. The normalized spacial score (nSPS) is 22.2. The molecule has 1 heteroatoms. The highest BCUT2D eigenvalue weighted by atomic mass is 16.5. The van der Waals surface area contributed by atoms with Gasteiger partial charge >= 0.3 is 0 Å². The standard InChI is InChI=1S/C15H22O/c1-10(2)16-13-7-6-12-9-15(4,5)11(3)14(12)8-13/h6-8,10-11H,9H2,1-5H3. The summed E-state index contributed by atoms with van der Waals surface area (Å²) in [7, 11) is 0. The third kappa shape index (κ3) is 1.95. The van der Waals surface area contributed by atoms with Crippen LogP contribution in [0.2, 0.25) is 0 Å². The van der Waals surface area contributed by atoms with Crippen LogP contribution in [0.1, 0.15) is 51.7 Å². The Morgan fingerprint density at radius 2 is 2.00 bits per heavy atom. The summed E-state index contributed by atoms with van der Waals surface area (Å²) >= 11 is 0. The highest BCUT2D eigenvalue weighted by Gasteiger charge is 2.35. The van der Waals surface area contributed by atoms with Gasteiger partial charge in [-0.15, -0.1) is 0 Å². The second-order valence-corrected chi connectivity index (χ2v) is 5.91. The molecule has 1 aliphatic carbocycles. The number of hydrogen-bond acceptors (Lipinski definition) is 1. The summed E-state index contributed by atoms with van der Waals surface area (Å²) in [6, 6.07) is 6.57. The molecule has 0 saturated carbocycles. The number of benzene rings is 1. The van der Waals surface area contributed by atoms with Crippen molar-refractivity contribution in [2.75, 3.05) is 0 Å². The van der Waals surface area contributed by atoms with Crippen LogP contribution in [0.25, 0.3) is 0 Å². The molecule has 0 aromatic heterocycles. The number of hydrogen-bond donors (Lipinski definition) is 0. The van der Waals surface area contributed by atoms with Gasteiger partial charge in [0, 0.05) is 0 Å². The molecule has 1 aromatic rings. The van der Waals surface area contributed by atoms with Crippen LogP contribution in [0.3, 0.4) is 0 Å². The van der Waals surface area contributed by atoms with Gasteiger partial charge in [0.2, 0.25) is 0 Å². The van der Waals surface area contributed by atoms with Crippen LogP contribution in [0.5, 0.6) is 5.75 Å². The van der Waals surface area contributed by atoms with Gasteiger partial charge in [-0.25, -0.2) is 0 Å². The molecule has 0 saturated heterocycles. The molecule has 1 aromatic carbocycles. The zero-order valence-corrected chi connectivity index (χ0v) is 11.0. The molecule has 1 unspecified atom stereocenters. The lowest BCUT2D eigenvalue weighted by atomic mass is 9.81. The van der Waals surface area contributed by atoms with E-state index in [1.54, 1.807) is 0 Å². The molecular weight excluding hydrogens is 196 g/mol. The van der Waals surface area contributed by atoms with Crippen molar-refractivity contribution in [1.82, 2.24) is 0 Å². The van der Waals surface area contributed by atoms with Crippen LogP contribution in [0.4, 0.5) is 0 Å². The van der Waals surface area contributed by atoms with E-state index in [9.17, 15) is 0 Å². The summed E-state index contributed by atoms with van der Waals surface area (Å²) in [6.45, 7) is 11.2. The van der Waals surface area contributed by atoms with Gasteiger partial charge in [0.15, 0.2) is 0 Å². The van der Waals surface area contributed by atoms with Crippen molar-refractivity contribution in [1.29, 1.82) is 0 Å². The Bertz CT molecular complexity index is 390. The van der Waals surface area contributed by atoms with E-state index in [2.05, 4.69) is 52.8 Å². The summed E-state index contributed by atoms with van der Waals surface area (Å²) < 4.78 is 5.76. The van der Waals surface area contributed by atoms with E-state index in [1.165, 1.54) is 17.5 Å². The van der Waals surface area contributed by atoms with Crippen LogP contribution in [-0.4, -0.2) is 6.10 Å². The van der Waals surface area contributed by atoms with E-state index < -0.39 is 0 Å². The van der Waals surface area contributed by atoms with Gasteiger partial charge in [-0.05, 0) is 54.9 Å². The zero-order chi connectivity index (χ0) is 11.9. The molecule has 2 rings (SSSR count). The lowest BCUT2D eigenvalue weighted by Gasteiger charge is -2.23. The number of ether oxygens (including phenoxy) is 1. The second kappa shape index (κ2) is 3.80. The molecular formula is C15H22O. The molecule has 0 spiro atoms. The smallest absolute Gasteiger partial charge is 0.119 e. The molecule has 0 heterocycles. The van der Waals surface area contributed by atoms with Gasteiger partial charge < -0.3 is 4.74 Å². The van der Waals surface area contributed by atoms with Gasteiger partial charge in [0.1, 0.15) is 5.75 Å². The fourth-order valence-corrected chi connectivity index (χ4v) is 2.55. The zero-order valence-electron chi connectivity index (χ0n) is 11.0. The van der Waals surface area contributed by atoms with Crippen molar-refractivity contribution in [3.63, 3.8) is 0 Å². The minimum atomic E-state index is 0.253. The van der Waals surface area contributed by atoms with Gasteiger partial charge in [0.25, 0.3) is 0 Å². The first-order valence-electron chi connectivity index (χ1n) is 6.19. The van der Waals surface area contributed by atoms with Crippen molar-refractivity contribution >= 4 is 0 Å². The fourth-order valence-electron chi connectivity index (χ4n) is 2.55. The summed E-state index contributed by atoms with van der Waals surface area (Å²) in [4.78, 5) is 0. The molecule has 1 aliphatic rings. The molecule has 0 bridgehead atoms.